The molecular weight excluding hydrogens is 212 g/mol. The van der Waals surface area contributed by atoms with Crippen molar-refractivity contribution in [3.05, 3.63) is 0 Å². The van der Waals surface area contributed by atoms with E-state index in [0.717, 1.165) is 51.1 Å². The van der Waals surface area contributed by atoms with Crippen LogP contribution in [0.25, 0.3) is 0 Å². The zero-order valence-corrected chi connectivity index (χ0v) is 11.6. The summed E-state index contributed by atoms with van der Waals surface area (Å²) >= 11 is 0. The normalized spacial score (nSPS) is 16.4. The van der Waals surface area contributed by atoms with Gasteiger partial charge in [0.1, 0.15) is 0 Å². The molecule has 0 aliphatic heterocycles. The molecule has 100 valence electrons. The van der Waals surface area contributed by atoms with Crippen LogP contribution in [-0.4, -0.2) is 49.6 Å². The number of hydrogen-bond acceptors (Lipinski definition) is 2. The molecule has 17 heavy (non-hydrogen) atoms. The van der Waals surface area contributed by atoms with Crippen LogP contribution in [0.4, 0.5) is 0 Å². The molecule has 0 radical (unpaired) electrons. The van der Waals surface area contributed by atoms with E-state index in [1.54, 1.807) is 0 Å². The largest absolute Gasteiger partial charge is 0.357 e. The maximum atomic E-state index is 4.49. The Morgan fingerprint density at radius 3 is 2.53 bits per heavy atom. The molecule has 0 unspecified atom stereocenters. The van der Waals surface area contributed by atoms with Crippen molar-refractivity contribution in [2.75, 3.05) is 32.7 Å². The Morgan fingerprint density at radius 1 is 1.24 bits per heavy atom. The second-order valence-electron chi connectivity index (χ2n) is 4.55. The van der Waals surface area contributed by atoms with E-state index in [-0.39, 0.29) is 0 Å². The van der Waals surface area contributed by atoms with Crippen LogP contribution in [0.2, 0.25) is 0 Å². The third-order valence-corrected chi connectivity index (χ3v) is 3.00. The van der Waals surface area contributed by atoms with Gasteiger partial charge in [-0.25, -0.2) is 0 Å². The van der Waals surface area contributed by atoms with Gasteiger partial charge < -0.3 is 10.6 Å². The van der Waals surface area contributed by atoms with E-state index in [1.807, 2.05) is 0 Å². The van der Waals surface area contributed by atoms with Crippen LogP contribution in [0.5, 0.6) is 0 Å². The maximum Gasteiger partial charge on any atom is 0.191 e. The van der Waals surface area contributed by atoms with Crippen molar-refractivity contribution in [2.45, 2.75) is 46.1 Å². The van der Waals surface area contributed by atoms with Crippen LogP contribution >= 0.6 is 0 Å². The van der Waals surface area contributed by atoms with Crippen LogP contribution < -0.4 is 10.6 Å². The Bertz CT molecular complexity index is 223. The van der Waals surface area contributed by atoms with Crippen molar-refractivity contribution in [1.82, 2.24) is 15.5 Å². The average Bonchev–Trinajstić information content (AvgIpc) is 3.15. The molecule has 0 aromatic heterocycles. The Labute approximate surface area is 106 Å². The molecule has 0 saturated heterocycles. The van der Waals surface area contributed by atoms with Gasteiger partial charge in [0, 0.05) is 32.2 Å². The van der Waals surface area contributed by atoms with Crippen molar-refractivity contribution in [2.24, 2.45) is 4.99 Å². The van der Waals surface area contributed by atoms with Crippen LogP contribution in [0.1, 0.15) is 40.0 Å². The third-order valence-electron chi connectivity index (χ3n) is 3.00. The summed E-state index contributed by atoms with van der Waals surface area (Å²) in [7, 11) is 0. The predicted octanol–water partition coefficient (Wildman–Crippen LogP) is 1.44. The molecule has 4 nitrogen and oxygen atoms in total. The standard InChI is InChI=1S/C13H28N4/c1-4-9-15-13(14-5-2)16-10-11-17(6-3)12-7-8-12/h12H,4-11H2,1-3H3,(H2,14,15,16). The summed E-state index contributed by atoms with van der Waals surface area (Å²) in [5.41, 5.74) is 0. The lowest BCUT2D eigenvalue weighted by Gasteiger charge is -2.20. The average molecular weight is 240 g/mol. The second kappa shape index (κ2) is 8.34. The number of rotatable bonds is 8. The Balaban J connectivity index is 2.20. The van der Waals surface area contributed by atoms with E-state index in [2.05, 4.69) is 41.3 Å². The summed E-state index contributed by atoms with van der Waals surface area (Å²) in [5.74, 6) is 0.959. The van der Waals surface area contributed by atoms with E-state index in [1.165, 1.54) is 12.8 Å². The van der Waals surface area contributed by atoms with Gasteiger partial charge in [0.25, 0.3) is 0 Å². The lowest BCUT2D eigenvalue weighted by Crippen LogP contribution is -2.42. The monoisotopic (exact) mass is 240 g/mol. The van der Waals surface area contributed by atoms with E-state index < -0.39 is 0 Å². The minimum atomic E-state index is 0.858. The molecule has 1 aliphatic rings. The first-order valence-electron chi connectivity index (χ1n) is 7.08. The minimum Gasteiger partial charge on any atom is -0.357 e. The van der Waals surface area contributed by atoms with Gasteiger partial charge in [-0.3, -0.25) is 9.89 Å². The predicted molar refractivity (Wildman–Crippen MR) is 74.5 cm³/mol. The second-order valence-corrected chi connectivity index (χ2v) is 4.55. The van der Waals surface area contributed by atoms with Gasteiger partial charge in [0.05, 0.1) is 0 Å². The molecule has 1 aliphatic carbocycles. The summed E-state index contributed by atoms with van der Waals surface area (Å²) in [6.07, 6.45) is 3.87. The van der Waals surface area contributed by atoms with Gasteiger partial charge in [0.2, 0.25) is 0 Å². The van der Waals surface area contributed by atoms with Gasteiger partial charge in [-0.2, -0.15) is 0 Å². The summed E-state index contributed by atoms with van der Waals surface area (Å²) in [6.45, 7) is 11.6. The van der Waals surface area contributed by atoms with Crippen molar-refractivity contribution >= 4 is 5.96 Å². The lowest BCUT2D eigenvalue weighted by molar-refractivity contribution is 0.282. The number of guanidine groups is 1. The summed E-state index contributed by atoms with van der Waals surface area (Å²) < 4.78 is 0. The highest BCUT2D eigenvalue weighted by Crippen LogP contribution is 2.25. The van der Waals surface area contributed by atoms with Crippen LogP contribution in [0.3, 0.4) is 0 Å². The lowest BCUT2D eigenvalue weighted by atomic mass is 10.4. The van der Waals surface area contributed by atoms with Crippen LogP contribution in [-0.2, 0) is 0 Å². The smallest absolute Gasteiger partial charge is 0.191 e. The Morgan fingerprint density at radius 2 is 2.00 bits per heavy atom. The fourth-order valence-corrected chi connectivity index (χ4v) is 1.92. The van der Waals surface area contributed by atoms with Crippen molar-refractivity contribution in [3.63, 3.8) is 0 Å². The minimum absolute atomic E-state index is 0.858. The highest BCUT2D eigenvalue weighted by molar-refractivity contribution is 5.79. The van der Waals surface area contributed by atoms with Gasteiger partial charge in [-0.1, -0.05) is 13.8 Å². The zero-order valence-electron chi connectivity index (χ0n) is 11.6. The van der Waals surface area contributed by atoms with Crippen molar-refractivity contribution in [1.29, 1.82) is 0 Å². The molecule has 2 N–H and O–H groups in total. The van der Waals surface area contributed by atoms with E-state index in [0.29, 0.717) is 0 Å². The van der Waals surface area contributed by atoms with Gasteiger partial charge in [-0.05, 0) is 32.7 Å². The number of nitrogens with one attached hydrogen (secondary N) is 2. The molecule has 0 aromatic rings. The number of likely N-dealkylation sites (N-methyl/N-ethyl adjacent to an activating group) is 1. The molecule has 0 aromatic carbocycles. The molecule has 1 fully saturated rings. The van der Waals surface area contributed by atoms with E-state index >= 15 is 0 Å². The molecule has 0 bridgehead atoms. The third kappa shape index (κ3) is 5.91. The highest BCUT2D eigenvalue weighted by Gasteiger charge is 2.27. The fourth-order valence-electron chi connectivity index (χ4n) is 1.92. The topological polar surface area (TPSA) is 39.7 Å². The molecule has 0 heterocycles. The van der Waals surface area contributed by atoms with Crippen LogP contribution in [0, 0.1) is 0 Å². The fraction of sp³-hybridized carbons (Fsp3) is 0.923. The van der Waals surface area contributed by atoms with Gasteiger partial charge >= 0.3 is 0 Å². The summed E-state index contributed by atoms with van der Waals surface area (Å²) in [4.78, 5) is 7.04. The molecule has 0 atom stereocenters. The van der Waals surface area contributed by atoms with Gasteiger partial charge in [0.15, 0.2) is 5.96 Å². The number of aliphatic imine (C=N–C) groups is 1. The Kier molecular flexibility index (Phi) is 7.01. The SMILES string of the molecule is CCCN=C(NCC)NCCN(CC)C1CC1. The first-order valence-corrected chi connectivity index (χ1v) is 7.08. The highest BCUT2D eigenvalue weighted by atomic mass is 15.2. The molecular formula is C13H28N4. The summed E-state index contributed by atoms with van der Waals surface area (Å²) in [6, 6.07) is 0.858. The Hall–Kier alpha value is -0.770. The van der Waals surface area contributed by atoms with Crippen LogP contribution in [0.15, 0.2) is 4.99 Å². The quantitative estimate of drug-likeness (QED) is 0.498. The molecule has 1 saturated carbocycles. The maximum absolute atomic E-state index is 4.49. The molecule has 4 heteroatoms. The number of hydrogen-bond donors (Lipinski definition) is 2. The molecule has 0 spiro atoms. The van der Waals surface area contributed by atoms with Crippen molar-refractivity contribution < 1.29 is 0 Å². The van der Waals surface area contributed by atoms with Crippen molar-refractivity contribution in [3.8, 4) is 0 Å². The molecule has 0 amide bonds. The first kappa shape index (κ1) is 14.3. The zero-order chi connectivity index (χ0) is 12.5. The summed E-state index contributed by atoms with van der Waals surface area (Å²) in [5, 5.41) is 6.67. The molecule has 1 rings (SSSR count). The first-order chi connectivity index (χ1) is 8.31. The van der Waals surface area contributed by atoms with E-state index in [4.69, 9.17) is 0 Å². The van der Waals surface area contributed by atoms with Gasteiger partial charge in [-0.15, -0.1) is 0 Å². The number of nitrogens with zero attached hydrogens (tertiary/aromatic N) is 2. The van der Waals surface area contributed by atoms with E-state index in [9.17, 15) is 0 Å².